The van der Waals surface area contributed by atoms with Crippen molar-refractivity contribution in [2.75, 3.05) is 32.1 Å². The lowest BCUT2D eigenvalue weighted by Crippen LogP contribution is -2.46. The second-order valence-corrected chi connectivity index (χ2v) is 4.87. The molecule has 0 radical (unpaired) electrons. The van der Waals surface area contributed by atoms with Crippen LogP contribution in [0.15, 0.2) is 18.1 Å². The van der Waals surface area contributed by atoms with Gasteiger partial charge >= 0.3 is 0 Å². The fourth-order valence-electron chi connectivity index (χ4n) is 1.99. The Bertz CT molecular complexity index is 598. The van der Waals surface area contributed by atoms with E-state index in [0.717, 1.165) is 6.21 Å². The highest BCUT2D eigenvalue weighted by molar-refractivity contribution is 6.08. The average molecular weight is 305 g/mol. The van der Waals surface area contributed by atoms with Crippen LogP contribution in [0.25, 0.3) is 5.57 Å². The molecule has 9 nitrogen and oxygen atoms in total. The largest absolute Gasteiger partial charge is 0.385 e. The van der Waals surface area contributed by atoms with Crippen LogP contribution in [0.3, 0.4) is 0 Å². The Labute approximate surface area is 127 Å². The number of morpholine rings is 1. The molecule has 0 spiro atoms. The highest BCUT2D eigenvalue weighted by Gasteiger charge is 2.23. The minimum Gasteiger partial charge on any atom is -0.385 e. The van der Waals surface area contributed by atoms with Gasteiger partial charge in [-0.2, -0.15) is 0 Å². The maximum atomic E-state index is 11.3. The molecule has 6 N–H and O–H groups in total. The summed E-state index contributed by atoms with van der Waals surface area (Å²) in [5.74, 6) is 0.366. The van der Waals surface area contributed by atoms with E-state index < -0.39 is 0 Å². The van der Waals surface area contributed by atoms with E-state index in [1.165, 1.54) is 0 Å². The molecular weight excluding hydrogens is 286 g/mol. The normalized spacial score (nSPS) is 18.0. The van der Waals surface area contributed by atoms with Crippen LogP contribution in [-0.4, -0.2) is 59.8 Å². The molecule has 9 heteroatoms. The third-order valence-corrected chi connectivity index (χ3v) is 3.22. The van der Waals surface area contributed by atoms with E-state index in [2.05, 4.69) is 15.3 Å². The maximum Gasteiger partial charge on any atom is 0.248 e. The summed E-state index contributed by atoms with van der Waals surface area (Å²) in [4.78, 5) is 21.3. The summed E-state index contributed by atoms with van der Waals surface area (Å²) in [7, 11) is 1.74. The van der Waals surface area contributed by atoms with E-state index >= 15 is 0 Å². The first-order valence-corrected chi connectivity index (χ1v) is 6.69. The van der Waals surface area contributed by atoms with Crippen LogP contribution >= 0.6 is 0 Å². The van der Waals surface area contributed by atoms with Crippen molar-refractivity contribution in [2.45, 2.75) is 6.10 Å². The van der Waals surface area contributed by atoms with Crippen LogP contribution in [0.2, 0.25) is 0 Å². The number of nitrogens with two attached hydrogens (primary N) is 2. The predicted octanol–water partition coefficient (Wildman–Crippen LogP) is -1.02. The Balaban J connectivity index is 2.01. The summed E-state index contributed by atoms with van der Waals surface area (Å²) < 4.78 is 5.42. The molecule has 1 fully saturated rings. The van der Waals surface area contributed by atoms with E-state index in [-0.39, 0.29) is 24.4 Å². The maximum absolute atomic E-state index is 11.3. The number of ether oxygens (including phenoxy) is 1. The molecule has 1 aromatic rings. The zero-order chi connectivity index (χ0) is 16.1. The zero-order valence-electron chi connectivity index (χ0n) is 12.2. The van der Waals surface area contributed by atoms with E-state index in [9.17, 15) is 4.79 Å². The Morgan fingerprint density at radius 1 is 1.64 bits per heavy atom. The van der Waals surface area contributed by atoms with Crippen molar-refractivity contribution in [1.29, 1.82) is 5.41 Å². The molecule has 1 saturated heterocycles. The van der Waals surface area contributed by atoms with Gasteiger partial charge < -0.3 is 31.8 Å². The van der Waals surface area contributed by atoms with Gasteiger partial charge in [-0.3, -0.25) is 4.79 Å². The summed E-state index contributed by atoms with van der Waals surface area (Å²) in [6.07, 6.45) is 2.47. The number of hydrogen-bond acceptors (Lipinski definition) is 8. The average Bonchev–Trinajstić information content (AvgIpc) is 2.49. The second-order valence-electron chi connectivity index (χ2n) is 4.87. The fraction of sp³-hybridized carbons (Fsp3) is 0.385. The SMILES string of the molecule is CN1CC(CNc2nccc(C(C=N)=C(N)N)n2)OCC1=O. The first-order valence-electron chi connectivity index (χ1n) is 6.69. The molecule has 2 rings (SSSR count). The monoisotopic (exact) mass is 305 g/mol. The first kappa shape index (κ1) is 15.7. The summed E-state index contributed by atoms with van der Waals surface area (Å²) in [6, 6.07) is 1.62. The Morgan fingerprint density at radius 3 is 3.05 bits per heavy atom. The zero-order valence-corrected chi connectivity index (χ0v) is 12.2. The number of anilines is 1. The van der Waals surface area contributed by atoms with Gasteiger partial charge in [0.25, 0.3) is 0 Å². The highest BCUT2D eigenvalue weighted by Crippen LogP contribution is 2.12. The lowest BCUT2D eigenvalue weighted by atomic mass is 10.2. The number of carbonyl (C=O) groups excluding carboxylic acids is 1. The molecular formula is C13H19N7O2. The molecule has 0 bridgehead atoms. The van der Waals surface area contributed by atoms with Crippen LogP contribution < -0.4 is 16.8 Å². The minimum atomic E-state index is -0.132. The molecule has 0 aromatic carbocycles. The molecule has 1 atom stereocenters. The van der Waals surface area contributed by atoms with Crippen LogP contribution in [0.1, 0.15) is 5.69 Å². The summed E-state index contributed by atoms with van der Waals surface area (Å²) in [5.41, 5.74) is 11.8. The number of hydrogen-bond donors (Lipinski definition) is 4. The first-order chi connectivity index (χ1) is 10.5. The lowest BCUT2D eigenvalue weighted by Gasteiger charge is -2.29. The van der Waals surface area contributed by atoms with E-state index in [0.29, 0.717) is 30.3 Å². The van der Waals surface area contributed by atoms with Crippen molar-refractivity contribution in [2.24, 2.45) is 11.5 Å². The number of amides is 1. The summed E-state index contributed by atoms with van der Waals surface area (Å²) in [6.45, 7) is 1.05. The van der Waals surface area contributed by atoms with Gasteiger partial charge in [-0.1, -0.05) is 0 Å². The van der Waals surface area contributed by atoms with Crippen molar-refractivity contribution >= 4 is 23.6 Å². The van der Waals surface area contributed by atoms with Gasteiger partial charge in [-0.05, 0) is 6.07 Å². The number of allylic oxidation sites excluding steroid dienone is 1. The Kier molecular flexibility index (Phi) is 4.89. The number of nitrogens with zero attached hydrogens (tertiary/aromatic N) is 3. The molecule has 1 amide bonds. The van der Waals surface area contributed by atoms with Gasteiger partial charge in [0.1, 0.15) is 12.4 Å². The van der Waals surface area contributed by atoms with Gasteiger partial charge in [0.15, 0.2) is 0 Å². The Morgan fingerprint density at radius 2 is 2.41 bits per heavy atom. The minimum absolute atomic E-state index is 0.0235. The van der Waals surface area contributed by atoms with Gasteiger partial charge in [0.2, 0.25) is 11.9 Å². The van der Waals surface area contributed by atoms with Crippen LogP contribution in [0.4, 0.5) is 5.95 Å². The molecule has 1 aromatic heterocycles. The van der Waals surface area contributed by atoms with Gasteiger partial charge in [0.05, 0.1) is 17.4 Å². The van der Waals surface area contributed by atoms with Crippen molar-refractivity contribution in [3.8, 4) is 0 Å². The lowest BCUT2D eigenvalue weighted by molar-refractivity contribution is -0.145. The topological polar surface area (TPSA) is 143 Å². The van der Waals surface area contributed by atoms with Gasteiger partial charge in [0, 0.05) is 32.5 Å². The van der Waals surface area contributed by atoms with Crippen LogP contribution in [-0.2, 0) is 9.53 Å². The fourth-order valence-corrected chi connectivity index (χ4v) is 1.99. The molecule has 1 unspecified atom stereocenters. The second kappa shape index (κ2) is 6.85. The van der Waals surface area contributed by atoms with E-state index in [1.807, 2.05) is 0 Å². The smallest absolute Gasteiger partial charge is 0.248 e. The number of carbonyl (C=O) groups is 1. The molecule has 22 heavy (non-hydrogen) atoms. The Hall–Kier alpha value is -2.68. The molecule has 1 aliphatic heterocycles. The molecule has 0 aliphatic carbocycles. The standard InChI is InChI=1S/C13H19N7O2/c1-20-6-8(22-7-11(20)21)5-18-13-17-3-2-10(19-13)9(4-14)12(15)16/h2-4,8,14H,5-7,15-16H2,1H3,(H,17,18,19). The number of likely N-dealkylation sites (N-methyl/N-ethyl adjacent to an activating group) is 1. The van der Waals surface area contributed by atoms with E-state index in [1.54, 1.807) is 24.2 Å². The van der Waals surface area contributed by atoms with Crippen molar-refractivity contribution in [3.63, 3.8) is 0 Å². The number of rotatable bonds is 5. The molecule has 0 saturated carbocycles. The summed E-state index contributed by atoms with van der Waals surface area (Å²) >= 11 is 0. The van der Waals surface area contributed by atoms with Crippen molar-refractivity contribution in [3.05, 3.63) is 23.8 Å². The number of nitrogens with one attached hydrogen (secondary N) is 2. The van der Waals surface area contributed by atoms with Crippen LogP contribution in [0.5, 0.6) is 0 Å². The number of aromatic nitrogens is 2. The van der Waals surface area contributed by atoms with Crippen molar-refractivity contribution in [1.82, 2.24) is 14.9 Å². The summed E-state index contributed by atoms with van der Waals surface area (Å²) in [5, 5.41) is 10.4. The molecule has 118 valence electrons. The van der Waals surface area contributed by atoms with E-state index in [4.69, 9.17) is 21.6 Å². The third-order valence-electron chi connectivity index (χ3n) is 3.22. The predicted molar refractivity (Wildman–Crippen MR) is 82.0 cm³/mol. The third kappa shape index (κ3) is 3.70. The van der Waals surface area contributed by atoms with Crippen molar-refractivity contribution < 1.29 is 9.53 Å². The highest BCUT2D eigenvalue weighted by atomic mass is 16.5. The molecule has 2 heterocycles. The van der Waals surface area contributed by atoms with Gasteiger partial charge in [-0.15, -0.1) is 0 Å². The quantitative estimate of drug-likeness (QED) is 0.510. The molecule has 1 aliphatic rings. The van der Waals surface area contributed by atoms with Crippen LogP contribution in [0, 0.1) is 5.41 Å². The van der Waals surface area contributed by atoms with Gasteiger partial charge in [-0.25, -0.2) is 9.97 Å².